The van der Waals surface area contributed by atoms with Gasteiger partial charge in [0, 0.05) is 35.3 Å². The Morgan fingerprint density at radius 3 is 2.79 bits per heavy atom. The average Bonchev–Trinajstić information content (AvgIpc) is 2.69. The van der Waals surface area contributed by atoms with Crippen LogP contribution >= 0.6 is 0 Å². The highest BCUT2D eigenvalue weighted by molar-refractivity contribution is 7.89. The van der Waals surface area contributed by atoms with Crippen LogP contribution in [0.3, 0.4) is 0 Å². The van der Waals surface area contributed by atoms with E-state index in [1.165, 1.54) is 24.1 Å². The number of methoxy groups -OCH3 is 1. The van der Waals surface area contributed by atoms with E-state index in [2.05, 4.69) is 15.3 Å². The molecule has 2 amide bonds. The number of nitrogens with one attached hydrogen (secondary N) is 1. The molecule has 0 fully saturated rings. The summed E-state index contributed by atoms with van der Waals surface area (Å²) in [4.78, 5) is 22.2. The third kappa shape index (κ3) is 3.45. The highest BCUT2D eigenvalue weighted by Gasteiger charge is 2.28. The van der Waals surface area contributed by atoms with E-state index in [-0.39, 0.29) is 23.5 Å². The van der Waals surface area contributed by atoms with Crippen LogP contribution in [0.1, 0.15) is 11.1 Å². The SMILES string of the molecule is COc1ccc2c3c(cnc2n1)CNC(=O)N3Cc1ccc(S(N)(=O)=O)cc1F. The Morgan fingerprint density at radius 1 is 1.31 bits per heavy atom. The van der Waals surface area contributed by atoms with Crippen molar-refractivity contribution in [3.05, 3.63) is 53.5 Å². The normalized spacial score (nSPS) is 13.9. The van der Waals surface area contributed by atoms with E-state index < -0.39 is 21.9 Å². The van der Waals surface area contributed by atoms with Crippen LogP contribution in [0, 0.1) is 5.82 Å². The quantitative estimate of drug-likeness (QED) is 0.664. The van der Waals surface area contributed by atoms with Gasteiger partial charge >= 0.3 is 6.03 Å². The number of pyridine rings is 2. The predicted octanol–water partition coefficient (Wildman–Crippen LogP) is 1.65. The molecule has 3 aromatic rings. The Balaban J connectivity index is 1.80. The van der Waals surface area contributed by atoms with Gasteiger partial charge in [-0.05, 0) is 18.2 Å². The fourth-order valence-corrected chi connectivity index (χ4v) is 3.70. The van der Waals surface area contributed by atoms with Crippen LogP contribution in [0.5, 0.6) is 5.88 Å². The maximum absolute atomic E-state index is 14.5. The van der Waals surface area contributed by atoms with Crippen molar-refractivity contribution in [2.24, 2.45) is 5.14 Å². The first-order chi connectivity index (χ1) is 13.8. The summed E-state index contributed by atoms with van der Waals surface area (Å²) >= 11 is 0. The van der Waals surface area contributed by atoms with Gasteiger partial charge in [0.25, 0.3) is 0 Å². The van der Waals surface area contributed by atoms with Crippen LogP contribution in [-0.2, 0) is 23.1 Å². The largest absolute Gasteiger partial charge is 0.481 e. The van der Waals surface area contributed by atoms with Gasteiger partial charge in [0.05, 0.1) is 24.2 Å². The van der Waals surface area contributed by atoms with Crippen molar-refractivity contribution in [1.82, 2.24) is 15.3 Å². The zero-order valence-electron chi connectivity index (χ0n) is 15.2. The molecular weight excluding hydrogens is 401 g/mol. The molecule has 11 heteroatoms. The number of nitrogens with two attached hydrogens (primary N) is 1. The monoisotopic (exact) mass is 417 g/mol. The minimum Gasteiger partial charge on any atom is -0.481 e. The molecule has 0 atom stereocenters. The third-order valence-corrected chi connectivity index (χ3v) is 5.50. The Labute approximate surface area is 165 Å². The number of hydrogen-bond acceptors (Lipinski definition) is 6. The molecule has 4 rings (SSSR count). The number of carbonyl (C=O) groups excluding carboxylic acids is 1. The third-order valence-electron chi connectivity index (χ3n) is 4.59. The molecule has 1 aliphatic heterocycles. The van der Waals surface area contributed by atoms with E-state index in [0.717, 1.165) is 11.6 Å². The molecule has 9 nitrogen and oxygen atoms in total. The van der Waals surface area contributed by atoms with Crippen molar-refractivity contribution in [3.63, 3.8) is 0 Å². The fourth-order valence-electron chi connectivity index (χ4n) is 3.17. The van der Waals surface area contributed by atoms with E-state index >= 15 is 0 Å². The second-order valence-electron chi connectivity index (χ2n) is 6.40. The van der Waals surface area contributed by atoms with Gasteiger partial charge in [0.2, 0.25) is 15.9 Å². The fraction of sp³-hybridized carbons (Fsp3) is 0.167. The number of halogens is 1. The molecule has 1 aromatic carbocycles. The Bertz CT molecular complexity index is 1250. The first kappa shape index (κ1) is 19.0. The molecule has 0 bridgehead atoms. The van der Waals surface area contributed by atoms with Crippen molar-refractivity contribution in [2.45, 2.75) is 18.0 Å². The van der Waals surface area contributed by atoms with Crippen LogP contribution in [0.25, 0.3) is 11.0 Å². The van der Waals surface area contributed by atoms with Gasteiger partial charge in [0.1, 0.15) is 5.82 Å². The number of carbonyl (C=O) groups is 1. The van der Waals surface area contributed by atoms with Crippen LogP contribution in [-0.4, -0.2) is 31.5 Å². The topological polar surface area (TPSA) is 128 Å². The van der Waals surface area contributed by atoms with E-state index in [9.17, 15) is 17.6 Å². The van der Waals surface area contributed by atoms with Crippen molar-refractivity contribution < 1.29 is 22.3 Å². The molecule has 150 valence electrons. The van der Waals surface area contributed by atoms with Crippen LogP contribution in [0.2, 0.25) is 0 Å². The van der Waals surface area contributed by atoms with Crippen LogP contribution in [0.4, 0.5) is 14.9 Å². The molecule has 0 spiro atoms. The number of nitrogens with zero attached hydrogens (tertiary/aromatic N) is 3. The number of benzene rings is 1. The lowest BCUT2D eigenvalue weighted by molar-refractivity contribution is 0.244. The maximum atomic E-state index is 14.5. The molecule has 2 aromatic heterocycles. The van der Waals surface area contributed by atoms with Gasteiger partial charge in [0.15, 0.2) is 5.65 Å². The number of aromatic nitrogens is 2. The summed E-state index contributed by atoms with van der Waals surface area (Å²) in [6.45, 7) is 0.146. The maximum Gasteiger partial charge on any atom is 0.322 e. The second-order valence-corrected chi connectivity index (χ2v) is 7.96. The number of rotatable bonds is 4. The predicted molar refractivity (Wildman–Crippen MR) is 102 cm³/mol. The number of urea groups is 1. The Morgan fingerprint density at radius 2 is 2.10 bits per heavy atom. The van der Waals surface area contributed by atoms with Gasteiger partial charge in [-0.3, -0.25) is 4.90 Å². The lowest BCUT2D eigenvalue weighted by Crippen LogP contribution is -2.44. The summed E-state index contributed by atoms with van der Waals surface area (Å²) in [7, 11) is -2.54. The van der Waals surface area contributed by atoms with Gasteiger partial charge < -0.3 is 10.1 Å². The van der Waals surface area contributed by atoms with Gasteiger partial charge in [-0.25, -0.2) is 27.7 Å². The number of ether oxygens (including phenoxy) is 1. The summed E-state index contributed by atoms with van der Waals surface area (Å²) in [6, 6.07) is 6.30. The number of amides is 2. The number of hydrogen-bond donors (Lipinski definition) is 2. The zero-order valence-corrected chi connectivity index (χ0v) is 16.0. The molecule has 0 unspecified atom stereocenters. The second kappa shape index (κ2) is 6.94. The molecule has 3 N–H and O–H groups in total. The van der Waals surface area contributed by atoms with E-state index in [1.807, 2.05) is 0 Å². The molecule has 0 saturated carbocycles. The molecule has 1 aliphatic rings. The highest BCUT2D eigenvalue weighted by atomic mass is 32.2. The highest BCUT2D eigenvalue weighted by Crippen LogP contribution is 2.34. The standard InChI is InChI=1S/C18H16FN5O4S/c1-28-15-5-4-13-16-11(7-21-17(13)23-15)8-22-18(25)24(16)9-10-2-3-12(6-14(10)19)29(20,26)27/h2-7H,8-9H2,1H3,(H,22,25)(H2,20,26,27). The van der Waals surface area contributed by atoms with Gasteiger partial charge in [-0.15, -0.1) is 0 Å². The molecule has 3 heterocycles. The first-order valence-corrected chi connectivity index (χ1v) is 10.0. The molecular formula is C18H16FN5O4S. The van der Waals surface area contributed by atoms with E-state index in [1.54, 1.807) is 18.3 Å². The number of anilines is 1. The van der Waals surface area contributed by atoms with Crippen molar-refractivity contribution in [3.8, 4) is 5.88 Å². The Hall–Kier alpha value is -3.31. The average molecular weight is 417 g/mol. The number of sulfonamides is 1. The van der Waals surface area contributed by atoms with Gasteiger partial charge in [-0.1, -0.05) is 6.07 Å². The lowest BCUT2D eigenvalue weighted by Gasteiger charge is -2.31. The van der Waals surface area contributed by atoms with Crippen molar-refractivity contribution >= 4 is 32.8 Å². The minimum atomic E-state index is -4.03. The number of fused-ring (bicyclic) bond motifs is 3. The van der Waals surface area contributed by atoms with E-state index in [4.69, 9.17) is 9.88 Å². The summed E-state index contributed by atoms with van der Waals surface area (Å²) in [5, 5.41) is 8.36. The summed E-state index contributed by atoms with van der Waals surface area (Å²) < 4.78 is 42.5. The minimum absolute atomic E-state index is 0.124. The molecule has 29 heavy (non-hydrogen) atoms. The zero-order chi connectivity index (χ0) is 20.8. The van der Waals surface area contributed by atoms with Crippen molar-refractivity contribution in [1.29, 1.82) is 0 Å². The molecule has 0 saturated heterocycles. The Kier molecular flexibility index (Phi) is 4.55. The first-order valence-electron chi connectivity index (χ1n) is 8.47. The van der Waals surface area contributed by atoms with Crippen LogP contribution < -0.4 is 20.1 Å². The molecule has 0 aliphatic carbocycles. The van der Waals surface area contributed by atoms with Gasteiger partial charge in [-0.2, -0.15) is 4.98 Å². The number of primary sulfonamides is 1. The molecule has 0 radical (unpaired) electrons. The summed E-state index contributed by atoms with van der Waals surface area (Å²) in [6.07, 6.45) is 1.59. The smallest absolute Gasteiger partial charge is 0.322 e. The van der Waals surface area contributed by atoms with E-state index in [0.29, 0.717) is 22.6 Å². The van der Waals surface area contributed by atoms with Crippen molar-refractivity contribution in [2.75, 3.05) is 12.0 Å². The summed E-state index contributed by atoms with van der Waals surface area (Å²) in [5.41, 5.74) is 1.81. The lowest BCUT2D eigenvalue weighted by atomic mass is 10.1. The summed E-state index contributed by atoms with van der Waals surface area (Å²) in [5.74, 6) is -0.406. The van der Waals surface area contributed by atoms with Crippen LogP contribution in [0.15, 0.2) is 41.4 Å².